The van der Waals surface area contributed by atoms with Gasteiger partial charge in [0.1, 0.15) is 0 Å². The average Bonchev–Trinajstić information content (AvgIpc) is 3.09. The van der Waals surface area contributed by atoms with Crippen molar-refractivity contribution >= 4 is 32.7 Å². The number of benzene rings is 2. The van der Waals surface area contributed by atoms with Crippen LogP contribution in [0.2, 0.25) is 0 Å². The van der Waals surface area contributed by atoms with Crippen molar-refractivity contribution in [2.75, 3.05) is 33.3 Å². The largest absolute Gasteiger partial charge is 0.494 e. The van der Waals surface area contributed by atoms with Crippen molar-refractivity contribution in [2.45, 2.75) is 20.0 Å². The van der Waals surface area contributed by atoms with E-state index in [0.717, 1.165) is 34.2 Å². The van der Waals surface area contributed by atoms with Crippen LogP contribution in [0.5, 0.6) is 5.75 Å². The molecule has 0 fully saturated rings. The number of nitrogens with one attached hydrogen (secondary N) is 1. The van der Waals surface area contributed by atoms with Gasteiger partial charge in [-0.15, -0.1) is 0 Å². The monoisotopic (exact) mass is 473 g/mol. The molecule has 1 heterocycles. The predicted molar refractivity (Wildman–Crippen MR) is 124 cm³/mol. The quantitative estimate of drug-likeness (QED) is 0.495. The molecule has 0 aliphatic rings. The lowest BCUT2D eigenvalue weighted by Gasteiger charge is -2.22. The number of halogens is 1. The number of aromatic nitrogens is 1. The number of methoxy groups -OCH3 is 1. The predicted octanol–water partition coefficient (Wildman–Crippen LogP) is 3.83. The first kappa shape index (κ1) is 22.3. The summed E-state index contributed by atoms with van der Waals surface area (Å²) < 4.78 is 8.47. The first-order chi connectivity index (χ1) is 14.5. The van der Waals surface area contributed by atoms with Gasteiger partial charge in [-0.3, -0.25) is 4.79 Å². The third-order valence-electron chi connectivity index (χ3n) is 5.18. The van der Waals surface area contributed by atoms with Crippen molar-refractivity contribution < 1.29 is 14.6 Å². The van der Waals surface area contributed by atoms with Crippen LogP contribution in [0.15, 0.2) is 53.0 Å². The Kier molecular flexibility index (Phi) is 7.53. The lowest BCUT2D eigenvalue weighted by Crippen LogP contribution is -2.40. The fourth-order valence-corrected chi connectivity index (χ4v) is 3.99. The second kappa shape index (κ2) is 10.1. The molecule has 6 nitrogen and oxygen atoms in total. The number of hydrogen-bond donors (Lipinski definition) is 2. The molecule has 30 heavy (non-hydrogen) atoms. The van der Waals surface area contributed by atoms with Crippen LogP contribution in [-0.4, -0.2) is 59.9 Å². The van der Waals surface area contributed by atoms with Gasteiger partial charge in [0.25, 0.3) is 5.91 Å². The van der Waals surface area contributed by atoms with Gasteiger partial charge in [-0.05, 0) is 43.4 Å². The fourth-order valence-electron chi connectivity index (χ4n) is 3.63. The van der Waals surface area contributed by atoms with Gasteiger partial charge in [-0.25, -0.2) is 0 Å². The van der Waals surface area contributed by atoms with Gasteiger partial charge >= 0.3 is 0 Å². The summed E-state index contributed by atoms with van der Waals surface area (Å²) in [5, 5.41) is 14.1. The summed E-state index contributed by atoms with van der Waals surface area (Å²) in [5.41, 5.74) is 2.14. The summed E-state index contributed by atoms with van der Waals surface area (Å²) in [6, 6.07) is 15.5. The molecule has 2 N–H and O–H groups in total. The van der Waals surface area contributed by atoms with Crippen molar-refractivity contribution in [1.29, 1.82) is 0 Å². The van der Waals surface area contributed by atoms with E-state index in [1.54, 1.807) is 7.11 Å². The molecule has 3 aromatic rings. The van der Waals surface area contributed by atoms with Crippen LogP contribution >= 0.6 is 15.9 Å². The molecule has 1 atom stereocenters. The Morgan fingerprint density at radius 3 is 2.53 bits per heavy atom. The Bertz CT molecular complexity index is 1000. The van der Waals surface area contributed by atoms with Crippen molar-refractivity contribution in [3.63, 3.8) is 0 Å². The molecule has 0 saturated heterocycles. The Labute approximate surface area is 185 Å². The third-order valence-corrected chi connectivity index (χ3v) is 5.67. The van der Waals surface area contributed by atoms with E-state index in [-0.39, 0.29) is 12.5 Å². The van der Waals surface area contributed by atoms with Gasteiger partial charge < -0.3 is 24.6 Å². The van der Waals surface area contributed by atoms with E-state index in [1.807, 2.05) is 53.1 Å². The van der Waals surface area contributed by atoms with E-state index < -0.39 is 6.10 Å². The second-order valence-electron chi connectivity index (χ2n) is 7.06. The molecule has 0 bridgehead atoms. The summed E-state index contributed by atoms with van der Waals surface area (Å²) in [6.07, 6.45) is -0.649. The van der Waals surface area contributed by atoms with Crippen LogP contribution in [0.3, 0.4) is 0 Å². The van der Waals surface area contributed by atoms with Crippen molar-refractivity contribution in [3.05, 3.63) is 58.7 Å². The average molecular weight is 474 g/mol. The molecular weight excluding hydrogens is 446 g/mol. The third kappa shape index (κ3) is 4.69. The van der Waals surface area contributed by atoms with Gasteiger partial charge in [0.05, 0.1) is 18.7 Å². The highest BCUT2D eigenvalue weighted by molar-refractivity contribution is 9.10. The molecule has 160 valence electrons. The maximum Gasteiger partial charge on any atom is 0.272 e. The van der Waals surface area contributed by atoms with E-state index in [1.165, 1.54) is 0 Å². The van der Waals surface area contributed by atoms with Crippen LogP contribution in [0, 0.1) is 0 Å². The van der Waals surface area contributed by atoms with Crippen LogP contribution in [0.25, 0.3) is 16.6 Å². The van der Waals surface area contributed by atoms with Gasteiger partial charge in [-0.2, -0.15) is 0 Å². The molecule has 0 aliphatic heterocycles. The minimum Gasteiger partial charge on any atom is -0.494 e. The number of aliphatic hydroxyl groups is 1. The second-order valence-corrected chi connectivity index (χ2v) is 7.98. The van der Waals surface area contributed by atoms with E-state index in [2.05, 4.69) is 40.0 Å². The summed E-state index contributed by atoms with van der Waals surface area (Å²) in [4.78, 5) is 15.4. The van der Waals surface area contributed by atoms with Gasteiger partial charge in [0, 0.05) is 28.6 Å². The number of likely N-dealkylation sites (N-methyl/N-ethyl adjacent to an activating group) is 1. The SMILES string of the molecule is CCN(CC)CC(O)CNC(=O)c1c(OC)c2cc(Br)ccc2n1-c1ccccc1. The number of amides is 1. The Balaban J connectivity index is 1.98. The molecule has 0 radical (unpaired) electrons. The van der Waals surface area contributed by atoms with Crippen LogP contribution in [-0.2, 0) is 0 Å². The van der Waals surface area contributed by atoms with Crippen molar-refractivity contribution in [3.8, 4) is 11.4 Å². The molecule has 7 heteroatoms. The maximum atomic E-state index is 13.3. The van der Waals surface area contributed by atoms with Gasteiger partial charge in [0.2, 0.25) is 0 Å². The normalized spacial score (nSPS) is 12.3. The molecule has 0 spiro atoms. The van der Waals surface area contributed by atoms with Crippen molar-refractivity contribution in [2.24, 2.45) is 0 Å². The summed E-state index contributed by atoms with van der Waals surface area (Å²) >= 11 is 3.51. The standard InChI is InChI=1S/C23H28BrN3O3/c1-4-26(5-2)15-18(28)14-25-23(29)21-22(30-3)19-13-16(24)11-12-20(19)27(21)17-9-7-6-8-10-17/h6-13,18,28H,4-5,14-15H2,1-3H3,(H,25,29). The minimum atomic E-state index is -0.649. The highest BCUT2D eigenvalue weighted by Gasteiger charge is 2.25. The van der Waals surface area contributed by atoms with Crippen LogP contribution < -0.4 is 10.1 Å². The molecule has 1 amide bonds. The van der Waals surface area contributed by atoms with E-state index in [9.17, 15) is 9.90 Å². The topological polar surface area (TPSA) is 66.7 Å². The zero-order valence-corrected chi connectivity index (χ0v) is 19.1. The lowest BCUT2D eigenvalue weighted by atomic mass is 10.2. The number of aliphatic hydroxyl groups excluding tert-OH is 1. The molecule has 0 aliphatic carbocycles. The number of para-hydroxylation sites is 1. The minimum absolute atomic E-state index is 0.165. The molecule has 1 aromatic heterocycles. The van der Waals surface area contributed by atoms with Gasteiger partial charge in [0.15, 0.2) is 11.4 Å². The molecular formula is C23H28BrN3O3. The number of hydrogen-bond acceptors (Lipinski definition) is 4. The zero-order valence-electron chi connectivity index (χ0n) is 17.6. The van der Waals surface area contributed by atoms with E-state index in [0.29, 0.717) is 18.0 Å². The summed E-state index contributed by atoms with van der Waals surface area (Å²) in [6.45, 7) is 6.49. The first-order valence-electron chi connectivity index (χ1n) is 10.1. The molecule has 3 rings (SSSR count). The summed E-state index contributed by atoms with van der Waals surface area (Å²) in [7, 11) is 1.57. The Morgan fingerprint density at radius 1 is 1.20 bits per heavy atom. The smallest absolute Gasteiger partial charge is 0.272 e. The Morgan fingerprint density at radius 2 is 1.90 bits per heavy atom. The van der Waals surface area contributed by atoms with E-state index >= 15 is 0 Å². The number of nitrogens with zero attached hydrogens (tertiary/aromatic N) is 2. The van der Waals surface area contributed by atoms with Crippen LogP contribution in [0.4, 0.5) is 0 Å². The fraction of sp³-hybridized carbons (Fsp3) is 0.348. The number of ether oxygens (including phenoxy) is 1. The maximum absolute atomic E-state index is 13.3. The number of carbonyl (C=O) groups is 1. The van der Waals surface area contributed by atoms with E-state index in [4.69, 9.17) is 4.74 Å². The zero-order chi connectivity index (χ0) is 21.7. The number of fused-ring (bicyclic) bond motifs is 1. The summed E-state index contributed by atoms with van der Waals surface area (Å²) in [5.74, 6) is 0.215. The number of carbonyl (C=O) groups excluding carboxylic acids is 1. The molecule has 0 saturated carbocycles. The van der Waals surface area contributed by atoms with Gasteiger partial charge in [-0.1, -0.05) is 48.0 Å². The molecule has 2 aromatic carbocycles. The lowest BCUT2D eigenvalue weighted by molar-refractivity contribution is 0.0861. The number of rotatable bonds is 9. The highest BCUT2D eigenvalue weighted by atomic mass is 79.9. The van der Waals surface area contributed by atoms with Crippen LogP contribution in [0.1, 0.15) is 24.3 Å². The Hall–Kier alpha value is -2.35. The highest BCUT2D eigenvalue weighted by Crippen LogP contribution is 2.37. The first-order valence-corrected chi connectivity index (χ1v) is 10.9. The van der Waals surface area contributed by atoms with Crippen molar-refractivity contribution in [1.82, 2.24) is 14.8 Å². The molecule has 1 unspecified atom stereocenters.